The maximum atomic E-state index is 12.8. The summed E-state index contributed by atoms with van der Waals surface area (Å²) < 4.78 is 39.4. The molecule has 3 aromatic heterocycles. The molecule has 36 heavy (non-hydrogen) atoms. The van der Waals surface area contributed by atoms with E-state index in [1.807, 2.05) is 30.5 Å². The first-order valence-corrected chi connectivity index (χ1v) is 10.8. The number of nitrogens with zero attached hydrogens (tertiary/aromatic N) is 5. The Balaban J connectivity index is 0.000000384. The van der Waals surface area contributed by atoms with Gasteiger partial charge in [0.25, 0.3) is 5.91 Å². The van der Waals surface area contributed by atoms with Gasteiger partial charge in [-0.2, -0.15) is 13.2 Å². The van der Waals surface area contributed by atoms with Crippen molar-refractivity contribution in [2.75, 3.05) is 19.7 Å². The molecule has 1 aliphatic heterocycles. The Morgan fingerprint density at radius 3 is 2.36 bits per heavy atom. The molecule has 1 unspecified atom stereocenters. The highest BCUT2D eigenvalue weighted by Gasteiger charge is 2.38. The molecule has 1 aliphatic rings. The van der Waals surface area contributed by atoms with Gasteiger partial charge in [0.15, 0.2) is 0 Å². The molecule has 9 nitrogen and oxygen atoms in total. The van der Waals surface area contributed by atoms with Gasteiger partial charge in [-0.25, -0.2) is 9.31 Å². The zero-order valence-corrected chi connectivity index (χ0v) is 18.7. The van der Waals surface area contributed by atoms with Gasteiger partial charge in [-0.15, -0.1) is 5.10 Å². The van der Waals surface area contributed by atoms with Crippen molar-refractivity contribution in [2.24, 2.45) is 0 Å². The number of halogens is 3. The molecule has 0 saturated carbocycles. The number of fused-ring (bicyclic) bond motifs is 1. The van der Waals surface area contributed by atoms with E-state index in [0.717, 1.165) is 22.3 Å². The normalized spacial score (nSPS) is 15.8. The lowest BCUT2D eigenvalue weighted by atomic mass is 10.1. The molecule has 0 bridgehead atoms. The van der Waals surface area contributed by atoms with Crippen molar-refractivity contribution in [3.05, 3.63) is 84.4 Å². The number of hydrogen-bond donors (Lipinski definition) is 1. The van der Waals surface area contributed by atoms with Crippen molar-refractivity contribution in [1.29, 1.82) is 0 Å². The van der Waals surface area contributed by atoms with Gasteiger partial charge >= 0.3 is 12.1 Å². The van der Waals surface area contributed by atoms with E-state index in [-0.39, 0.29) is 12.0 Å². The summed E-state index contributed by atoms with van der Waals surface area (Å²) >= 11 is 0. The molecular formula is C24H20F3N5O4. The molecule has 1 aromatic carbocycles. The third kappa shape index (κ3) is 5.66. The standard InChI is InChI=1S/C22H19N5O2.C2HF3O2/c28-22(17-8-10-23-11-9-17)26-12-13-29-20(15-26)21-19-7-6-18(14-27(19)25-24-21)16-4-2-1-3-5-16;3-2(4,5)1(6)7/h1-11,14,20H,12-13,15H2;(H,6,7). The third-order valence-corrected chi connectivity index (χ3v) is 5.38. The predicted octanol–water partition coefficient (Wildman–Crippen LogP) is 3.64. The first-order valence-electron chi connectivity index (χ1n) is 10.8. The van der Waals surface area contributed by atoms with Gasteiger partial charge in [0.2, 0.25) is 0 Å². The number of aliphatic carboxylic acids is 1. The Bertz CT molecular complexity index is 1350. The molecule has 5 rings (SSSR count). The number of aromatic nitrogens is 4. The number of alkyl halides is 3. The number of hydrogen-bond acceptors (Lipinski definition) is 6. The van der Waals surface area contributed by atoms with Crippen LogP contribution in [-0.2, 0) is 9.53 Å². The number of carbonyl (C=O) groups excluding carboxylic acids is 1. The molecule has 1 N–H and O–H groups in total. The van der Waals surface area contributed by atoms with Crippen molar-refractivity contribution in [3.8, 4) is 11.1 Å². The average Bonchev–Trinajstić information content (AvgIpc) is 3.32. The number of carboxylic acid groups (broad SMARTS) is 1. The van der Waals surface area contributed by atoms with E-state index in [1.165, 1.54) is 0 Å². The highest BCUT2D eigenvalue weighted by molar-refractivity contribution is 5.94. The van der Waals surface area contributed by atoms with Crippen LogP contribution in [0, 0.1) is 0 Å². The van der Waals surface area contributed by atoms with Crippen LogP contribution in [0.1, 0.15) is 22.2 Å². The predicted molar refractivity (Wildman–Crippen MR) is 121 cm³/mol. The van der Waals surface area contributed by atoms with Gasteiger partial charge in [-0.3, -0.25) is 9.78 Å². The van der Waals surface area contributed by atoms with Crippen LogP contribution in [0.3, 0.4) is 0 Å². The second-order valence-electron chi connectivity index (χ2n) is 7.74. The largest absolute Gasteiger partial charge is 0.490 e. The molecule has 1 amide bonds. The minimum Gasteiger partial charge on any atom is -0.475 e. The van der Waals surface area contributed by atoms with E-state index in [9.17, 15) is 18.0 Å². The second-order valence-corrected chi connectivity index (χ2v) is 7.74. The van der Waals surface area contributed by atoms with Gasteiger partial charge in [-0.1, -0.05) is 41.6 Å². The van der Waals surface area contributed by atoms with E-state index in [1.54, 1.807) is 33.9 Å². The number of pyridine rings is 2. The van der Waals surface area contributed by atoms with Crippen LogP contribution >= 0.6 is 0 Å². The molecule has 186 valence electrons. The smallest absolute Gasteiger partial charge is 0.475 e. The Morgan fingerprint density at radius 2 is 1.69 bits per heavy atom. The number of morpholine rings is 1. The fourth-order valence-electron chi connectivity index (χ4n) is 3.62. The molecule has 1 atom stereocenters. The lowest BCUT2D eigenvalue weighted by Crippen LogP contribution is -2.42. The van der Waals surface area contributed by atoms with Crippen molar-refractivity contribution < 1.29 is 32.6 Å². The van der Waals surface area contributed by atoms with Crippen LogP contribution in [0.4, 0.5) is 13.2 Å². The molecule has 1 saturated heterocycles. The molecular weight excluding hydrogens is 479 g/mol. The van der Waals surface area contributed by atoms with Crippen LogP contribution in [-0.4, -0.2) is 67.6 Å². The van der Waals surface area contributed by atoms with E-state index in [4.69, 9.17) is 14.6 Å². The third-order valence-electron chi connectivity index (χ3n) is 5.38. The van der Waals surface area contributed by atoms with Crippen LogP contribution in [0.2, 0.25) is 0 Å². The highest BCUT2D eigenvalue weighted by atomic mass is 19.4. The monoisotopic (exact) mass is 499 g/mol. The maximum Gasteiger partial charge on any atom is 0.490 e. The Labute approximate surface area is 202 Å². The maximum absolute atomic E-state index is 12.8. The topological polar surface area (TPSA) is 110 Å². The summed E-state index contributed by atoms with van der Waals surface area (Å²) in [4.78, 5) is 27.5. The lowest BCUT2D eigenvalue weighted by Gasteiger charge is -2.32. The van der Waals surface area contributed by atoms with Crippen LogP contribution < -0.4 is 0 Å². The fourth-order valence-corrected chi connectivity index (χ4v) is 3.62. The number of ether oxygens (including phenoxy) is 1. The van der Waals surface area contributed by atoms with Gasteiger partial charge in [0.05, 0.1) is 18.7 Å². The van der Waals surface area contributed by atoms with Crippen LogP contribution in [0.5, 0.6) is 0 Å². The summed E-state index contributed by atoms with van der Waals surface area (Å²) in [5.41, 5.74) is 4.44. The van der Waals surface area contributed by atoms with Crippen molar-refractivity contribution in [3.63, 3.8) is 0 Å². The molecule has 4 aromatic rings. The molecule has 0 radical (unpaired) electrons. The molecule has 0 spiro atoms. The Kier molecular flexibility index (Phi) is 7.25. The molecule has 1 fully saturated rings. The molecule has 12 heteroatoms. The summed E-state index contributed by atoms with van der Waals surface area (Å²) in [6, 6.07) is 17.7. The zero-order valence-electron chi connectivity index (χ0n) is 18.7. The van der Waals surface area contributed by atoms with Gasteiger partial charge in [0, 0.05) is 36.3 Å². The first-order chi connectivity index (χ1) is 17.2. The minimum absolute atomic E-state index is 0.0245. The summed E-state index contributed by atoms with van der Waals surface area (Å²) in [5.74, 6) is -2.78. The number of carbonyl (C=O) groups is 2. The van der Waals surface area contributed by atoms with Gasteiger partial charge in [0.1, 0.15) is 11.8 Å². The number of carboxylic acids is 1. The van der Waals surface area contributed by atoms with E-state index < -0.39 is 12.1 Å². The number of amides is 1. The summed E-state index contributed by atoms with van der Waals surface area (Å²) in [5, 5.41) is 15.8. The van der Waals surface area contributed by atoms with E-state index in [2.05, 4.69) is 33.5 Å². The lowest BCUT2D eigenvalue weighted by molar-refractivity contribution is -0.192. The molecule has 4 heterocycles. The van der Waals surface area contributed by atoms with E-state index >= 15 is 0 Å². The summed E-state index contributed by atoms with van der Waals surface area (Å²) in [7, 11) is 0. The first kappa shape index (κ1) is 24.8. The SMILES string of the molecule is O=C(O)C(F)(F)F.O=C(c1ccncc1)N1CCOC(c2nnn3cc(-c4ccccc4)ccc23)C1. The zero-order chi connectivity index (χ0) is 25.7. The Hall–Kier alpha value is -4.32. The van der Waals surface area contributed by atoms with Crippen LogP contribution in [0.25, 0.3) is 16.6 Å². The minimum atomic E-state index is -5.08. The van der Waals surface area contributed by atoms with Crippen molar-refractivity contribution >= 4 is 17.4 Å². The van der Waals surface area contributed by atoms with E-state index in [0.29, 0.717) is 25.3 Å². The summed E-state index contributed by atoms with van der Waals surface area (Å²) in [6.07, 6.45) is -0.177. The summed E-state index contributed by atoms with van der Waals surface area (Å²) in [6.45, 7) is 1.45. The quantitative estimate of drug-likeness (QED) is 0.458. The highest BCUT2D eigenvalue weighted by Crippen LogP contribution is 2.27. The average molecular weight is 499 g/mol. The van der Waals surface area contributed by atoms with Crippen LogP contribution in [0.15, 0.2) is 73.2 Å². The van der Waals surface area contributed by atoms with Crippen molar-refractivity contribution in [2.45, 2.75) is 12.3 Å². The fraction of sp³-hybridized carbons (Fsp3) is 0.208. The Morgan fingerprint density at radius 1 is 1.00 bits per heavy atom. The molecule has 0 aliphatic carbocycles. The number of rotatable bonds is 3. The van der Waals surface area contributed by atoms with Crippen molar-refractivity contribution in [1.82, 2.24) is 24.7 Å². The van der Waals surface area contributed by atoms with Gasteiger partial charge < -0.3 is 14.7 Å². The number of benzene rings is 1. The second kappa shape index (κ2) is 10.5. The van der Waals surface area contributed by atoms with Gasteiger partial charge in [-0.05, 0) is 23.8 Å².